The Morgan fingerprint density at radius 1 is 1.17 bits per heavy atom. The van der Waals surface area contributed by atoms with Crippen LogP contribution in [0.4, 0.5) is 4.39 Å². The highest BCUT2D eigenvalue weighted by Crippen LogP contribution is 2.29. The van der Waals surface area contributed by atoms with Crippen LogP contribution in [0, 0.1) is 12.7 Å². The SMILES string of the molecule is COc1ccc(C)c2s/c(=N\S(=O)(=O)c3ccc(F)cc3)n(C)c12. The molecule has 2 aromatic carbocycles. The number of hydrogen-bond donors (Lipinski definition) is 0. The van der Waals surface area contributed by atoms with Crippen molar-refractivity contribution in [1.29, 1.82) is 0 Å². The lowest BCUT2D eigenvalue weighted by Crippen LogP contribution is -2.14. The van der Waals surface area contributed by atoms with Gasteiger partial charge in [-0.2, -0.15) is 8.42 Å². The van der Waals surface area contributed by atoms with Crippen molar-refractivity contribution >= 4 is 31.6 Å². The van der Waals surface area contributed by atoms with Gasteiger partial charge in [-0.3, -0.25) is 0 Å². The number of sulfonamides is 1. The first-order chi connectivity index (χ1) is 11.3. The molecule has 0 radical (unpaired) electrons. The second-order valence-electron chi connectivity index (χ2n) is 5.23. The van der Waals surface area contributed by atoms with Gasteiger partial charge in [0.25, 0.3) is 10.0 Å². The van der Waals surface area contributed by atoms with E-state index in [-0.39, 0.29) is 4.90 Å². The van der Waals surface area contributed by atoms with Crippen LogP contribution in [-0.4, -0.2) is 20.1 Å². The van der Waals surface area contributed by atoms with Crippen LogP contribution in [-0.2, 0) is 17.1 Å². The van der Waals surface area contributed by atoms with Gasteiger partial charge in [-0.05, 0) is 42.8 Å². The number of aryl methyl sites for hydroxylation is 2. The Bertz CT molecular complexity index is 1080. The molecular weight excluding hydrogens is 351 g/mol. The van der Waals surface area contributed by atoms with Gasteiger partial charge in [0.1, 0.15) is 17.1 Å². The van der Waals surface area contributed by atoms with E-state index in [9.17, 15) is 12.8 Å². The maximum absolute atomic E-state index is 13.0. The van der Waals surface area contributed by atoms with E-state index in [0.29, 0.717) is 10.6 Å². The minimum absolute atomic E-state index is 0.0509. The first-order valence-corrected chi connectivity index (χ1v) is 9.29. The standard InChI is InChI=1S/C16H15FN2O3S2/c1-10-4-9-13(22-3)14-15(10)23-16(19(14)2)18-24(20,21)12-7-5-11(17)6-8-12/h4-9H,1-3H3/b18-16-. The summed E-state index contributed by atoms with van der Waals surface area (Å²) in [5.74, 6) is 0.150. The molecule has 0 spiro atoms. The van der Waals surface area contributed by atoms with Gasteiger partial charge in [0.15, 0.2) is 0 Å². The van der Waals surface area contributed by atoms with Gasteiger partial charge in [-0.15, -0.1) is 4.40 Å². The molecule has 0 fully saturated rings. The van der Waals surface area contributed by atoms with Gasteiger partial charge < -0.3 is 9.30 Å². The number of nitrogens with zero attached hydrogens (tertiary/aromatic N) is 2. The lowest BCUT2D eigenvalue weighted by Gasteiger charge is -2.05. The summed E-state index contributed by atoms with van der Waals surface area (Å²) in [6.45, 7) is 1.94. The zero-order chi connectivity index (χ0) is 17.5. The van der Waals surface area contributed by atoms with Crippen molar-refractivity contribution in [2.24, 2.45) is 11.4 Å². The number of hydrogen-bond acceptors (Lipinski definition) is 4. The van der Waals surface area contributed by atoms with E-state index < -0.39 is 15.8 Å². The molecule has 0 N–H and O–H groups in total. The molecule has 8 heteroatoms. The molecule has 5 nitrogen and oxygen atoms in total. The van der Waals surface area contributed by atoms with E-state index in [2.05, 4.69) is 4.40 Å². The summed E-state index contributed by atoms with van der Waals surface area (Å²) < 4.78 is 49.8. The van der Waals surface area contributed by atoms with Gasteiger partial charge in [-0.1, -0.05) is 17.4 Å². The van der Waals surface area contributed by atoms with Crippen molar-refractivity contribution in [2.75, 3.05) is 7.11 Å². The van der Waals surface area contributed by atoms with Crippen LogP contribution in [0.5, 0.6) is 5.75 Å². The molecule has 1 heterocycles. The predicted octanol–water partition coefficient (Wildman–Crippen LogP) is 2.99. The fourth-order valence-electron chi connectivity index (χ4n) is 2.36. The van der Waals surface area contributed by atoms with Crippen LogP contribution < -0.4 is 9.54 Å². The third kappa shape index (κ3) is 2.83. The summed E-state index contributed by atoms with van der Waals surface area (Å²) in [5, 5.41) is 0. The van der Waals surface area contributed by atoms with Gasteiger partial charge >= 0.3 is 0 Å². The molecule has 0 aliphatic rings. The lowest BCUT2D eigenvalue weighted by molar-refractivity contribution is 0.417. The summed E-state index contributed by atoms with van der Waals surface area (Å²) in [5.41, 5.74) is 1.79. The molecule has 3 rings (SSSR count). The van der Waals surface area contributed by atoms with E-state index in [1.165, 1.54) is 23.5 Å². The first-order valence-electron chi connectivity index (χ1n) is 7.03. The Balaban J connectivity index is 2.26. The molecule has 0 amide bonds. The quantitative estimate of drug-likeness (QED) is 0.716. The van der Waals surface area contributed by atoms with Crippen LogP contribution >= 0.6 is 11.3 Å². The maximum atomic E-state index is 13.0. The fourth-order valence-corrected chi connectivity index (χ4v) is 4.69. The Hall–Kier alpha value is -2.19. The molecule has 0 aliphatic carbocycles. The molecule has 126 valence electrons. The number of ether oxygens (including phenoxy) is 1. The lowest BCUT2D eigenvalue weighted by atomic mass is 10.2. The Morgan fingerprint density at radius 3 is 2.46 bits per heavy atom. The van der Waals surface area contributed by atoms with Crippen LogP contribution in [0.3, 0.4) is 0 Å². The Morgan fingerprint density at radius 2 is 1.83 bits per heavy atom. The zero-order valence-electron chi connectivity index (χ0n) is 13.3. The minimum Gasteiger partial charge on any atom is -0.495 e. The summed E-state index contributed by atoms with van der Waals surface area (Å²) >= 11 is 1.27. The molecule has 0 bridgehead atoms. The predicted molar refractivity (Wildman–Crippen MR) is 91.2 cm³/mol. The third-order valence-electron chi connectivity index (χ3n) is 3.64. The van der Waals surface area contributed by atoms with Gasteiger partial charge in [0, 0.05) is 7.05 Å². The van der Waals surface area contributed by atoms with Crippen LogP contribution in [0.25, 0.3) is 10.2 Å². The van der Waals surface area contributed by atoms with E-state index in [4.69, 9.17) is 4.74 Å². The van der Waals surface area contributed by atoms with Crippen LogP contribution in [0.1, 0.15) is 5.56 Å². The number of halogens is 1. The first kappa shape index (κ1) is 16.7. The van der Waals surface area contributed by atoms with Gasteiger partial charge in [0.05, 0.1) is 16.7 Å². The van der Waals surface area contributed by atoms with Gasteiger partial charge in [-0.25, -0.2) is 4.39 Å². The number of aromatic nitrogens is 1. The molecule has 24 heavy (non-hydrogen) atoms. The molecular formula is C16H15FN2O3S2. The number of thiazole rings is 1. The number of rotatable bonds is 3. The number of fused-ring (bicyclic) bond motifs is 1. The zero-order valence-corrected chi connectivity index (χ0v) is 14.9. The normalized spacial score (nSPS) is 12.8. The van der Waals surface area contributed by atoms with Crippen molar-refractivity contribution in [3.8, 4) is 5.75 Å². The topological polar surface area (TPSA) is 60.7 Å². The number of benzene rings is 2. The highest BCUT2D eigenvalue weighted by molar-refractivity contribution is 7.90. The largest absolute Gasteiger partial charge is 0.495 e. The van der Waals surface area contributed by atoms with E-state index >= 15 is 0 Å². The minimum atomic E-state index is -3.93. The Labute approximate surface area is 142 Å². The van der Waals surface area contributed by atoms with Crippen molar-refractivity contribution in [3.63, 3.8) is 0 Å². The highest BCUT2D eigenvalue weighted by Gasteiger charge is 2.16. The molecule has 3 aromatic rings. The third-order valence-corrected chi connectivity index (χ3v) is 6.30. The molecule has 0 aliphatic heterocycles. The van der Waals surface area contributed by atoms with Crippen LogP contribution in [0.2, 0.25) is 0 Å². The summed E-state index contributed by atoms with van der Waals surface area (Å²) in [6.07, 6.45) is 0. The summed E-state index contributed by atoms with van der Waals surface area (Å²) in [4.78, 5) is 0.270. The second kappa shape index (κ2) is 6.03. The van der Waals surface area contributed by atoms with E-state index in [0.717, 1.165) is 27.9 Å². The van der Waals surface area contributed by atoms with Crippen LogP contribution in [0.15, 0.2) is 45.7 Å². The summed E-state index contributed by atoms with van der Waals surface area (Å²) in [6, 6.07) is 8.35. The molecule has 0 atom stereocenters. The van der Waals surface area contributed by atoms with Crippen molar-refractivity contribution in [1.82, 2.24) is 4.57 Å². The second-order valence-corrected chi connectivity index (χ2v) is 7.81. The maximum Gasteiger partial charge on any atom is 0.285 e. The van der Waals surface area contributed by atoms with Crippen molar-refractivity contribution in [3.05, 3.63) is 52.6 Å². The Kier molecular flexibility index (Phi) is 4.18. The summed E-state index contributed by atoms with van der Waals surface area (Å²) in [7, 11) is -0.626. The fraction of sp³-hybridized carbons (Fsp3) is 0.188. The van der Waals surface area contributed by atoms with E-state index in [1.54, 1.807) is 18.7 Å². The molecule has 0 saturated carbocycles. The monoisotopic (exact) mass is 366 g/mol. The van der Waals surface area contributed by atoms with Gasteiger partial charge in [0.2, 0.25) is 4.80 Å². The molecule has 1 aromatic heterocycles. The highest BCUT2D eigenvalue weighted by atomic mass is 32.2. The molecule has 0 unspecified atom stereocenters. The smallest absolute Gasteiger partial charge is 0.285 e. The molecule has 0 saturated heterocycles. The average Bonchev–Trinajstić information content (AvgIpc) is 2.86. The van der Waals surface area contributed by atoms with E-state index in [1.807, 2.05) is 19.1 Å². The average molecular weight is 366 g/mol. The van der Waals surface area contributed by atoms with Crippen molar-refractivity contribution in [2.45, 2.75) is 11.8 Å². The van der Waals surface area contributed by atoms with Crippen molar-refractivity contribution < 1.29 is 17.5 Å². The number of methoxy groups -OCH3 is 1.